The van der Waals surface area contributed by atoms with Crippen molar-refractivity contribution in [1.82, 2.24) is 5.32 Å². The third-order valence-electron chi connectivity index (χ3n) is 2.98. The number of carbonyl (C=O) groups is 1. The summed E-state index contributed by atoms with van der Waals surface area (Å²) in [6.45, 7) is 7.52. The second-order valence-electron chi connectivity index (χ2n) is 4.92. The molecule has 0 aliphatic carbocycles. The number of nitrogens with one attached hydrogen (secondary N) is 2. The monoisotopic (exact) mass is 264 g/mol. The maximum atomic E-state index is 11.8. The number of hydrogen-bond acceptors (Lipinski definition) is 2. The first kappa shape index (κ1) is 15.5. The highest BCUT2D eigenvalue weighted by atomic mass is 16.5. The van der Waals surface area contributed by atoms with Crippen LogP contribution < -0.4 is 10.6 Å². The van der Waals surface area contributed by atoms with Crippen LogP contribution >= 0.6 is 0 Å². The number of methoxy groups -OCH3 is 1. The number of amides is 2. The molecule has 2 amide bonds. The number of para-hydroxylation sites is 1. The fourth-order valence-corrected chi connectivity index (χ4v) is 1.92. The quantitative estimate of drug-likeness (QED) is 0.775. The van der Waals surface area contributed by atoms with Crippen LogP contribution in [0, 0.1) is 6.92 Å². The normalized spacial score (nSPS) is 10.6. The average molecular weight is 264 g/mol. The number of urea groups is 1. The summed E-state index contributed by atoms with van der Waals surface area (Å²) in [4.78, 5) is 11.8. The minimum atomic E-state index is -0.160. The molecule has 0 radical (unpaired) electrons. The van der Waals surface area contributed by atoms with Gasteiger partial charge in [0.2, 0.25) is 0 Å². The van der Waals surface area contributed by atoms with Gasteiger partial charge in [-0.25, -0.2) is 4.79 Å². The second kappa shape index (κ2) is 7.79. The molecule has 0 aromatic heterocycles. The molecule has 4 heteroatoms. The van der Waals surface area contributed by atoms with Gasteiger partial charge in [0, 0.05) is 25.9 Å². The van der Waals surface area contributed by atoms with E-state index < -0.39 is 0 Å². The Morgan fingerprint density at radius 3 is 2.74 bits per heavy atom. The molecule has 0 atom stereocenters. The number of aryl methyl sites for hydroxylation is 1. The Kier molecular flexibility index (Phi) is 6.36. The molecule has 1 aromatic carbocycles. The number of benzene rings is 1. The van der Waals surface area contributed by atoms with E-state index in [1.807, 2.05) is 19.1 Å². The summed E-state index contributed by atoms with van der Waals surface area (Å²) in [6, 6.07) is 5.92. The maximum absolute atomic E-state index is 11.8. The van der Waals surface area contributed by atoms with Gasteiger partial charge in [0.1, 0.15) is 0 Å². The van der Waals surface area contributed by atoms with Gasteiger partial charge in [0.15, 0.2) is 0 Å². The van der Waals surface area contributed by atoms with E-state index in [2.05, 4.69) is 30.5 Å². The van der Waals surface area contributed by atoms with E-state index in [4.69, 9.17) is 4.74 Å². The predicted molar refractivity (Wildman–Crippen MR) is 78.8 cm³/mol. The molecule has 4 nitrogen and oxygen atoms in total. The molecule has 1 aromatic rings. The van der Waals surface area contributed by atoms with E-state index >= 15 is 0 Å². The van der Waals surface area contributed by atoms with E-state index in [1.165, 1.54) is 0 Å². The van der Waals surface area contributed by atoms with E-state index in [0.29, 0.717) is 19.1 Å². The van der Waals surface area contributed by atoms with Gasteiger partial charge in [0.05, 0.1) is 0 Å². The van der Waals surface area contributed by atoms with Crippen LogP contribution in [0.15, 0.2) is 18.2 Å². The molecule has 0 bridgehead atoms. The maximum Gasteiger partial charge on any atom is 0.319 e. The first-order valence-corrected chi connectivity index (χ1v) is 6.69. The van der Waals surface area contributed by atoms with Gasteiger partial charge < -0.3 is 15.4 Å². The Morgan fingerprint density at radius 1 is 1.37 bits per heavy atom. The van der Waals surface area contributed by atoms with Crippen LogP contribution in [0.2, 0.25) is 0 Å². The van der Waals surface area contributed by atoms with Gasteiger partial charge in [-0.15, -0.1) is 0 Å². The largest absolute Gasteiger partial charge is 0.385 e. The lowest BCUT2D eigenvalue weighted by Gasteiger charge is -2.16. The lowest BCUT2D eigenvalue weighted by molar-refractivity contribution is 0.194. The second-order valence-corrected chi connectivity index (χ2v) is 4.92. The Hall–Kier alpha value is -1.55. The minimum Gasteiger partial charge on any atom is -0.385 e. The van der Waals surface area contributed by atoms with Crippen LogP contribution in [0.3, 0.4) is 0 Å². The summed E-state index contributed by atoms with van der Waals surface area (Å²) in [5.41, 5.74) is 3.16. The van der Waals surface area contributed by atoms with Crippen LogP contribution in [0.25, 0.3) is 0 Å². The number of hydrogen-bond donors (Lipinski definition) is 2. The lowest BCUT2D eigenvalue weighted by Crippen LogP contribution is -2.30. The van der Waals surface area contributed by atoms with Crippen molar-refractivity contribution < 1.29 is 9.53 Å². The molecule has 0 fully saturated rings. The van der Waals surface area contributed by atoms with Gasteiger partial charge in [0.25, 0.3) is 0 Å². The van der Waals surface area contributed by atoms with Crippen molar-refractivity contribution in [3.05, 3.63) is 29.3 Å². The number of carbonyl (C=O) groups excluding carboxylic acids is 1. The Balaban J connectivity index is 2.63. The van der Waals surface area contributed by atoms with Crippen molar-refractivity contribution in [1.29, 1.82) is 0 Å². The van der Waals surface area contributed by atoms with Crippen LogP contribution in [-0.4, -0.2) is 26.3 Å². The van der Waals surface area contributed by atoms with Crippen LogP contribution in [-0.2, 0) is 4.74 Å². The van der Waals surface area contributed by atoms with Crippen molar-refractivity contribution in [2.24, 2.45) is 0 Å². The van der Waals surface area contributed by atoms with Gasteiger partial charge in [-0.05, 0) is 30.4 Å². The molecular formula is C15H24N2O2. The number of anilines is 1. The zero-order chi connectivity index (χ0) is 14.3. The van der Waals surface area contributed by atoms with E-state index in [-0.39, 0.29) is 6.03 Å². The van der Waals surface area contributed by atoms with Gasteiger partial charge in [-0.1, -0.05) is 32.0 Å². The Bertz CT molecular complexity index is 417. The van der Waals surface area contributed by atoms with E-state index in [9.17, 15) is 4.79 Å². The molecule has 2 N–H and O–H groups in total. The SMILES string of the molecule is COCCCNC(=O)Nc1c(C)cccc1C(C)C. The van der Waals surface area contributed by atoms with Crippen molar-refractivity contribution >= 4 is 11.7 Å². The molecule has 106 valence electrons. The highest BCUT2D eigenvalue weighted by molar-refractivity contribution is 5.91. The van der Waals surface area contributed by atoms with Crippen LogP contribution in [0.4, 0.5) is 10.5 Å². The highest BCUT2D eigenvalue weighted by Gasteiger charge is 2.11. The fourth-order valence-electron chi connectivity index (χ4n) is 1.92. The number of ether oxygens (including phenoxy) is 1. The molecule has 0 aliphatic rings. The van der Waals surface area contributed by atoms with Crippen LogP contribution in [0.5, 0.6) is 0 Å². The Morgan fingerprint density at radius 2 is 2.11 bits per heavy atom. The average Bonchev–Trinajstić information content (AvgIpc) is 2.37. The first-order valence-electron chi connectivity index (χ1n) is 6.69. The van der Waals surface area contributed by atoms with Crippen molar-refractivity contribution in [2.45, 2.75) is 33.1 Å². The summed E-state index contributed by atoms with van der Waals surface area (Å²) in [6.07, 6.45) is 0.814. The Labute approximate surface area is 115 Å². The van der Waals surface area contributed by atoms with Crippen LogP contribution in [0.1, 0.15) is 37.3 Å². The van der Waals surface area contributed by atoms with Gasteiger partial charge in [-0.2, -0.15) is 0 Å². The summed E-state index contributed by atoms with van der Waals surface area (Å²) < 4.78 is 4.94. The minimum absolute atomic E-state index is 0.160. The lowest BCUT2D eigenvalue weighted by atomic mass is 9.98. The predicted octanol–water partition coefficient (Wildman–Crippen LogP) is 3.28. The molecule has 0 saturated heterocycles. The fraction of sp³-hybridized carbons (Fsp3) is 0.533. The summed E-state index contributed by atoms with van der Waals surface area (Å²) >= 11 is 0. The van der Waals surface area contributed by atoms with Crippen molar-refractivity contribution in [2.75, 3.05) is 25.6 Å². The van der Waals surface area contributed by atoms with Crippen molar-refractivity contribution in [3.8, 4) is 0 Å². The van der Waals surface area contributed by atoms with Crippen molar-refractivity contribution in [3.63, 3.8) is 0 Å². The molecule has 1 rings (SSSR count). The summed E-state index contributed by atoms with van der Waals surface area (Å²) in [5, 5.41) is 5.78. The topological polar surface area (TPSA) is 50.4 Å². The smallest absolute Gasteiger partial charge is 0.319 e. The highest BCUT2D eigenvalue weighted by Crippen LogP contribution is 2.27. The molecule has 0 saturated carbocycles. The van der Waals surface area contributed by atoms with Gasteiger partial charge in [-0.3, -0.25) is 0 Å². The third-order valence-corrected chi connectivity index (χ3v) is 2.98. The molecule has 0 spiro atoms. The zero-order valence-electron chi connectivity index (χ0n) is 12.2. The van der Waals surface area contributed by atoms with E-state index in [1.54, 1.807) is 7.11 Å². The molecular weight excluding hydrogens is 240 g/mol. The zero-order valence-corrected chi connectivity index (χ0v) is 12.2. The molecule has 0 aliphatic heterocycles. The molecule has 0 unspecified atom stereocenters. The number of rotatable bonds is 6. The first-order chi connectivity index (χ1) is 9.06. The molecule has 0 heterocycles. The third kappa shape index (κ3) is 4.91. The summed E-state index contributed by atoms with van der Waals surface area (Å²) in [5.74, 6) is 0.378. The molecule has 19 heavy (non-hydrogen) atoms. The standard InChI is InChI=1S/C15H24N2O2/c1-11(2)13-8-5-7-12(3)14(13)17-15(18)16-9-6-10-19-4/h5,7-8,11H,6,9-10H2,1-4H3,(H2,16,17,18). The summed E-state index contributed by atoms with van der Waals surface area (Å²) in [7, 11) is 1.66. The van der Waals surface area contributed by atoms with E-state index in [0.717, 1.165) is 23.2 Å². The van der Waals surface area contributed by atoms with Gasteiger partial charge >= 0.3 is 6.03 Å².